The van der Waals surface area contributed by atoms with E-state index in [9.17, 15) is 4.79 Å². The summed E-state index contributed by atoms with van der Waals surface area (Å²) in [6.07, 6.45) is 33.5. The maximum absolute atomic E-state index is 11.9. The fraction of sp³-hybridized carbons (Fsp3) is 0.639. The molecule has 15 rings (SSSR count). The summed E-state index contributed by atoms with van der Waals surface area (Å²) in [6.45, 7) is 17.7. The molecule has 0 N–H and O–H groups in total. The molecule has 0 bridgehead atoms. The first-order valence-corrected chi connectivity index (χ1v) is 34.1. The third-order valence-corrected chi connectivity index (χ3v) is 28.4. The molecule has 9 nitrogen and oxygen atoms in total. The number of hydrogen-bond acceptors (Lipinski definition) is 9. The molecule has 10 heteroatoms. The molecule has 3 aromatic rings. The van der Waals surface area contributed by atoms with Crippen LogP contribution in [-0.2, 0) is 42.7 Å². The van der Waals surface area contributed by atoms with Gasteiger partial charge in [0, 0.05) is 43.9 Å². The van der Waals surface area contributed by atoms with Crippen molar-refractivity contribution in [3.05, 3.63) is 127 Å². The van der Waals surface area contributed by atoms with Crippen molar-refractivity contribution >= 4 is 35.4 Å². The molecule has 0 unspecified atom stereocenters. The van der Waals surface area contributed by atoms with E-state index in [1.54, 1.807) is 11.1 Å². The highest BCUT2D eigenvalue weighted by molar-refractivity contribution is 7.93. The second-order valence-corrected chi connectivity index (χ2v) is 31.2. The summed E-state index contributed by atoms with van der Waals surface area (Å²) < 4.78 is 49.2. The lowest BCUT2D eigenvalue weighted by molar-refractivity contribution is -0.220. The van der Waals surface area contributed by atoms with Crippen LogP contribution in [-0.4, -0.2) is 88.6 Å². The number of allylic oxidation sites excluding steroid dienone is 3. The number of fused-ring (bicyclic) bond motifs is 10. The minimum absolute atomic E-state index is 0.0390. The third kappa shape index (κ3) is 9.49. The fourth-order valence-corrected chi connectivity index (χ4v) is 24.0. The highest BCUT2D eigenvalue weighted by Gasteiger charge is 2.67. The second kappa shape index (κ2) is 22.4. The average molecular weight is 1140 g/mol. The number of ether oxygens (including phenoxy) is 8. The van der Waals surface area contributed by atoms with Crippen LogP contribution in [0.1, 0.15) is 143 Å². The van der Waals surface area contributed by atoms with Gasteiger partial charge in [-0.1, -0.05) is 141 Å². The van der Waals surface area contributed by atoms with Gasteiger partial charge in [0.25, 0.3) is 0 Å². The van der Waals surface area contributed by atoms with Crippen LogP contribution < -0.4 is 15.9 Å². The van der Waals surface area contributed by atoms with Gasteiger partial charge in [-0.15, -0.1) is 6.58 Å². The largest absolute Gasteiger partial charge is 0.348 e. The first-order valence-electron chi connectivity index (χ1n) is 32.2. The summed E-state index contributed by atoms with van der Waals surface area (Å²) in [5, 5.41) is 3.95. The zero-order chi connectivity index (χ0) is 56.5. The molecule has 0 amide bonds. The zero-order valence-electron chi connectivity index (χ0n) is 50.0. The van der Waals surface area contributed by atoms with Crippen LogP contribution >= 0.6 is 6.89 Å². The Balaban J connectivity index is 0.000000119. The molecule has 4 saturated heterocycles. The average Bonchev–Trinajstić information content (AvgIpc) is 3.73. The van der Waals surface area contributed by atoms with E-state index in [1.807, 2.05) is 0 Å². The molecule has 4 aliphatic heterocycles. The van der Waals surface area contributed by atoms with Gasteiger partial charge < -0.3 is 42.7 Å². The molecule has 0 aromatic heterocycles. The Bertz CT molecular complexity index is 2630. The number of aldehydes is 1. The molecule has 12 aliphatic rings. The van der Waals surface area contributed by atoms with Gasteiger partial charge >= 0.3 is 0 Å². The van der Waals surface area contributed by atoms with Crippen LogP contribution in [0.4, 0.5) is 0 Å². The molecular weight excluding hydrogens is 1040 g/mol. The van der Waals surface area contributed by atoms with Crippen LogP contribution in [0.25, 0.3) is 0 Å². The van der Waals surface area contributed by atoms with E-state index < -0.39 is 18.5 Å². The monoisotopic (exact) mass is 1130 g/mol. The number of hydrogen-bond donors (Lipinski definition) is 0. The van der Waals surface area contributed by atoms with Gasteiger partial charge in [0.05, 0.1) is 52.9 Å². The summed E-state index contributed by atoms with van der Waals surface area (Å²) in [6, 6.07) is 31.9. The van der Waals surface area contributed by atoms with Gasteiger partial charge in [0.2, 0.25) is 0 Å². The van der Waals surface area contributed by atoms with Crippen molar-refractivity contribution in [2.45, 2.75) is 166 Å². The van der Waals surface area contributed by atoms with E-state index in [0.29, 0.717) is 54.6 Å². The Labute approximate surface area is 491 Å². The maximum atomic E-state index is 11.9. The lowest BCUT2D eigenvalue weighted by Crippen LogP contribution is -2.55. The predicted octanol–water partition coefficient (Wildman–Crippen LogP) is 13.7. The van der Waals surface area contributed by atoms with Crippen LogP contribution in [0, 0.1) is 69.0 Å². The van der Waals surface area contributed by atoms with Crippen LogP contribution in [0.5, 0.6) is 0 Å². The van der Waals surface area contributed by atoms with Gasteiger partial charge in [0.1, 0.15) is 6.29 Å². The van der Waals surface area contributed by atoms with Crippen molar-refractivity contribution < 1.29 is 42.7 Å². The Kier molecular flexibility index (Phi) is 15.7. The van der Waals surface area contributed by atoms with E-state index in [4.69, 9.17) is 44.2 Å². The lowest BCUT2D eigenvalue weighted by Gasteiger charge is -2.60. The van der Waals surface area contributed by atoms with E-state index in [0.717, 1.165) is 115 Å². The molecule has 2 spiro atoms. The summed E-state index contributed by atoms with van der Waals surface area (Å²) in [4.78, 5) is 11.9. The maximum Gasteiger partial charge on any atom is 0.172 e. The van der Waals surface area contributed by atoms with E-state index >= 15 is 0 Å². The molecule has 8 aliphatic carbocycles. The van der Waals surface area contributed by atoms with E-state index in [1.165, 1.54) is 73.6 Å². The van der Waals surface area contributed by atoms with Gasteiger partial charge in [-0.3, -0.25) is 0 Å². The van der Waals surface area contributed by atoms with Crippen molar-refractivity contribution in [3.63, 3.8) is 0 Å². The summed E-state index contributed by atoms with van der Waals surface area (Å²) >= 11 is 0. The molecule has 3 aromatic carbocycles. The summed E-state index contributed by atoms with van der Waals surface area (Å²) in [5.41, 5.74) is 4.09. The van der Waals surface area contributed by atoms with Crippen molar-refractivity contribution in [2.24, 2.45) is 69.0 Å². The van der Waals surface area contributed by atoms with Crippen LogP contribution in [0.3, 0.4) is 0 Å². The number of rotatable bonds is 9. The lowest BCUT2D eigenvalue weighted by atomic mass is 9.46. The van der Waals surface area contributed by atoms with Gasteiger partial charge in [-0.25, -0.2) is 0 Å². The van der Waals surface area contributed by atoms with Gasteiger partial charge in [-0.05, 0) is 177 Å². The van der Waals surface area contributed by atoms with Crippen molar-refractivity contribution in [3.8, 4) is 0 Å². The highest BCUT2D eigenvalue weighted by atomic mass is 31.2. The summed E-state index contributed by atoms with van der Waals surface area (Å²) in [5.74, 6) is 3.50. The zero-order valence-corrected chi connectivity index (χ0v) is 50.9. The van der Waals surface area contributed by atoms with Crippen molar-refractivity contribution in [1.29, 1.82) is 0 Å². The summed E-state index contributed by atoms with van der Waals surface area (Å²) in [7, 11) is 0. The predicted molar refractivity (Wildman–Crippen MR) is 327 cm³/mol. The van der Waals surface area contributed by atoms with Gasteiger partial charge in [0.15, 0.2) is 23.1 Å². The molecular formula is C72H95O9P. The molecule has 0 radical (unpaired) electrons. The van der Waals surface area contributed by atoms with Crippen LogP contribution in [0.2, 0.25) is 0 Å². The molecule has 82 heavy (non-hydrogen) atoms. The Morgan fingerprint density at radius 2 is 0.829 bits per heavy atom. The van der Waals surface area contributed by atoms with E-state index in [-0.39, 0.29) is 27.8 Å². The van der Waals surface area contributed by atoms with E-state index in [2.05, 4.69) is 143 Å². The molecule has 10 fully saturated rings. The SMILES string of the molecule is C=CC[C@]12CC[C@@H]3[C@@H](CC=C4CC5(CC[C@]43C)OCCO5)[C@@H]1CC[C@@H]2C1(C)OCCO1.C=P(c1ccccc1)(c1ccccc1)c1ccccc1.CC1([C@H]2CC[C@H]3[C@@H]4CC=C5CC6(CC[C@@]5(C)[C@@H]4CC[C@]23CC=O)OCCO6)OCCO1. The molecule has 6 saturated carbocycles. The molecule has 442 valence electrons. The highest BCUT2D eigenvalue weighted by Crippen LogP contribution is 2.72. The minimum atomic E-state index is -1.78. The minimum Gasteiger partial charge on any atom is -0.348 e. The Hall–Kier alpha value is -3.47. The van der Waals surface area contributed by atoms with Crippen molar-refractivity contribution in [1.82, 2.24) is 0 Å². The quantitative estimate of drug-likeness (QED) is 0.118. The normalized spacial score (nSPS) is 38.6. The first-order chi connectivity index (χ1) is 39.7. The number of carbonyl (C=O) groups excluding carboxylic acids is 1. The Morgan fingerprint density at radius 3 is 1.20 bits per heavy atom. The molecule has 12 atom stereocenters. The standard InChI is InChI=1S/C27H40O4.C26H38O5.C19H17P/c1-4-10-26-11-9-21-20(22(26)7-8-23(26)25(3)28-14-15-29-25)6-5-19-18-27(30-16-17-31-27)13-12-24(19,21)2;1-23-9-10-26(30-15-16-31-26)17-18(23)3-4-19-20(23)7-8-25(11-12-27)21(19)5-6-22(25)24(2)28-13-14-29-24;1-20(17-11-5-2-6-12-17,18-13-7-3-8-14-18)19-15-9-4-10-16-19/h4-5,20-23H,1,6-18H2,2-3H3;3,12,19-22H,4-11,13-17H2,1-2H3;2-16H,1H2/t20-,21-,22+,23-,24-,26+;19-,20-,21+,22-,23-,25-;/m11./s1. The number of carbonyl (C=O) groups is 1. The number of benzene rings is 3. The smallest absolute Gasteiger partial charge is 0.172 e. The van der Waals surface area contributed by atoms with Crippen molar-refractivity contribution in [2.75, 3.05) is 52.9 Å². The topological polar surface area (TPSA) is 90.9 Å². The Morgan fingerprint density at radius 1 is 0.463 bits per heavy atom. The first kappa shape index (κ1) is 57.6. The second-order valence-electron chi connectivity index (χ2n) is 28.0. The molecule has 4 heterocycles. The van der Waals surface area contributed by atoms with Gasteiger partial charge in [-0.2, -0.15) is 0 Å². The fourth-order valence-electron chi connectivity index (χ4n) is 21.1. The van der Waals surface area contributed by atoms with Crippen LogP contribution in [0.15, 0.2) is 127 Å². The third-order valence-electron chi connectivity index (χ3n) is 24.8.